The maximum absolute atomic E-state index is 10.7. The second-order valence-corrected chi connectivity index (χ2v) is 3.90. The lowest BCUT2D eigenvalue weighted by atomic mass is 10.0. The van der Waals surface area contributed by atoms with E-state index in [1.165, 1.54) is 0 Å². The number of aryl methyl sites for hydroxylation is 1. The molecule has 5 nitrogen and oxygen atoms in total. The lowest BCUT2D eigenvalue weighted by Crippen LogP contribution is -2.36. The van der Waals surface area contributed by atoms with Crippen LogP contribution in [0.2, 0.25) is 0 Å². The summed E-state index contributed by atoms with van der Waals surface area (Å²) in [6, 6.07) is 5.85. The van der Waals surface area contributed by atoms with Crippen molar-refractivity contribution in [3.8, 4) is 0 Å². The van der Waals surface area contributed by atoms with E-state index in [0.29, 0.717) is 11.1 Å². The zero-order valence-corrected chi connectivity index (χ0v) is 9.25. The Kier molecular flexibility index (Phi) is 2.87. The third kappa shape index (κ3) is 1.90. The van der Waals surface area contributed by atoms with Crippen LogP contribution in [0.1, 0.15) is 17.4 Å². The van der Waals surface area contributed by atoms with Crippen LogP contribution in [0.4, 0.5) is 0 Å². The molecule has 17 heavy (non-hydrogen) atoms. The van der Waals surface area contributed by atoms with Crippen molar-refractivity contribution in [3.05, 3.63) is 35.6 Å². The van der Waals surface area contributed by atoms with Crippen LogP contribution in [0.15, 0.2) is 28.7 Å². The summed E-state index contributed by atoms with van der Waals surface area (Å²) in [5.74, 6) is -1.06. The molecule has 1 aromatic heterocycles. The number of aliphatic carboxylic acids is 1. The van der Waals surface area contributed by atoms with Gasteiger partial charge >= 0.3 is 5.97 Å². The zero-order valence-electron chi connectivity index (χ0n) is 9.25. The molecule has 0 amide bonds. The van der Waals surface area contributed by atoms with Gasteiger partial charge in [-0.15, -0.1) is 0 Å². The number of benzene rings is 1. The highest BCUT2D eigenvalue weighted by molar-refractivity contribution is 5.82. The molecule has 90 valence electrons. The summed E-state index contributed by atoms with van der Waals surface area (Å²) in [4.78, 5) is 10.7. The van der Waals surface area contributed by atoms with Crippen LogP contribution < -0.4 is 5.73 Å². The Bertz CT molecular complexity index is 561. The predicted molar refractivity (Wildman–Crippen MR) is 61.5 cm³/mol. The van der Waals surface area contributed by atoms with Gasteiger partial charge in [-0.05, 0) is 13.0 Å². The van der Waals surface area contributed by atoms with Crippen LogP contribution in [0, 0.1) is 6.92 Å². The number of carbonyl (C=O) groups is 1. The Labute approximate surface area is 97.5 Å². The van der Waals surface area contributed by atoms with Gasteiger partial charge in [0.05, 0.1) is 0 Å². The van der Waals surface area contributed by atoms with Gasteiger partial charge in [-0.2, -0.15) is 0 Å². The highest BCUT2D eigenvalue weighted by Crippen LogP contribution is 2.30. The van der Waals surface area contributed by atoms with Crippen molar-refractivity contribution in [2.24, 2.45) is 5.73 Å². The summed E-state index contributed by atoms with van der Waals surface area (Å²) in [6.07, 6.45) is -1.35. The number of nitrogens with two attached hydrogens (primary N) is 1. The molecule has 4 N–H and O–H groups in total. The van der Waals surface area contributed by atoms with Crippen LogP contribution in [0.3, 0.4) is 0 Å². The van der Waals surface area contributed by atoms with Gasteiger partial charge in [-0.1, -0.05) is 18.2 Å². The van der Waals surface area contributed by atoms with Crippen molar-refractivity contribution < 1.29 is 19.4 Å². The van der Waals surface area contributed by atoms with Gasteiger partial charge in [0.2, 0.25) is 0 Å². The van der Waals surface area contributed by atoms with E-state index in [9.17, 15) is 9.90 Å². The van der Waals surface area contributed by atoms with Gasteiger partial charge in [-0.25, -0.2) is 0 Å². The maximum atomic E-state index is 10.7. The van der Waals surface area contributed by atoms with Gasteiger partial charge < -0.3 is 20.4 Å². The minimum atomic E-state index is -1.39. The number of para-hydroxylation sites is 1. The Morgan fingerprint density at radius 1 is 1.41 bits per heavy atom. The topological polar surface area (TPSA) is 96.7 Å². The number of hydrogen-bond donors (Lipinski definition) is 3. The van der Waals surface area contributed by atoms with Gasteiger partial charge in [0.15, 0.2) is 0 Å². The van der Waals surface area contributed by atoms with Crippen LogP contribution in [-0.4, -0.2) is 22.2 Å². The largest absolute Gasteiger partial charge is 0.480 e. The Balaban J connectivity index is 2.49. The molecule has 0 aliphatic rings. The average molecular weight is 235 g/mol. The van der Waals surface area contributed by atoms with Crippen LogP contribution in [0.25, 0.3) is 11.0 Å². The van der Waals surface area contributed by atoms with E-state index >= 15 is 0 Å². The molecule has 0 radical (unpaired) electrons. The third-order valence-corrected chi connectivity index (χ3v) is 2.77. The minimum absolute atomic E-state index is 0.209. The quantitative estimate of drug-likeness (QED) is 0.742. The first kappa shape index (κ1) is 11.6. The standard InChI is InChI=1S/C12H13NO4/c1-6-7-4-2-3-5-8(7)17-11(6)10(14)9(13)12(15)16/h2-5,9-10,14H,13H2,1H3,(H,15,16). The minimum Gasteiger partial charge on any atom is -0.480 e. The summed E-state index contributed by atoms with van der Waals surface area (Å²) >= 11 is 0. The van der Waals surface area contributed by atoms with Crippen molar-refractivity contribution in [1.29, 1.82) is 0 Å². The molecule has 0 aliphatic carbocycles. The summed E-state index contributed by atoms with van der Waals surface area (Å²) in [6.45, 7) is 1.76. The molecule has 2 rings (SSSR count). The molecule has 5 heteroatoms. The normalized spacial score (nSPS) is 14.8. The molecule has 2 unspecified atom stereocenters. The first-order chi connectivity index (χ1) is 8.02. The lowest BCUT2D eigenvalue weighted by Gasteiger charge is -2.12. The van der Waals surface area contributed by atoms with Crippen molar-refractivity contribution in [1.82, 2.24) is 0 Å². The Morgan fingerprint density at radius 2 is 2.06 bits per heavy atom. The molecule has 1 heterocycles. The summed E-state index contributed by atoms with van der Waals surface area (Å²) in [5, 5.41) is 19.4. The van der Waals surface area contributed by atoms with E-state index in [1.807, 2.05) is 12.1 Å². The number of aliphatic hydroxyl groups excluding tert-OH is 1. The predicted octanol–water partition coefficient (Wildman–Crippen LogP) is 1.19. The second-order valence-electron chi connectivity index (χ2n) is 3.90. The first-order valence-corrected chi connectivity index (χ1v) is 5.17. The molecule has 0 spiro atoms. The fourth-order valence-corrected chi connectivity index (χ4v) is 1.77. The molecule has 0 aliphatic heterocycles. The van der Waals surface area contributed by atoms with Crippen LogP contribution in [-0.2, 0) is 4.79 Å². The molecular formula is C12H13NO4. The summed E-state index contributed by atoms with van der Waals surface area (Å²) in [5.41, 5.74) is 6.69. The Morgan fingerprint density at radius 3 is 2.65 bits per heavy atom. The number of furan rings is 1. The van der Waals surface area contributed by atoms with Crippen molar-refractivity contribution in [2.45, 2.75) is 19.1 Å². The summed E-state index contributed by atoms with van der Waals surface area (Å²) in [7, 11) is 0. The summed E-state index contributed by atoms with van der Waals surface area (Å²) < 4.78 is 5.44. The molecule has 2 aromatic rings. The number of aliphatic hydroxyl groups is 1. The molecule has 0 bridgehead atoms. The zero-order chi connectivity index (χ0) is 12.6. The fourth-order valence-electron chi connectivity index (χ4n) is 1.77. The fraction of sp³-hybridized carbons (Fsp3) is 0.250. The van der Waals surface area contributed by atoms with E-state index in [2.05, 4.69) is 0 Å². The van der Waals surface area contributed by atoms with E-state index < -0.39 is 18.1 Å². The Hall–Kier alpha value is -1.85. The molecule has 1 aromatic carbocycles. The van der Waals surface area contributed by atoms with Crippen LogP contribution >= 0.6 is 0 Å². The van der Waals surface area contributed by atoms with Crippen molar-refractivity contribution in [3.63, 3.8) is 0 Å². The molecular weight excluding hydrogens is 222 g/mol. The van der Waals surface area contributed by atoms with Gasteiger partial charge in [0, 0.05) is 10.9 Å². The second kappa shape index (κ2) is 4.20. The maximum Gasteiger partial charge on any atom is 0.323 e. The SMILES string of the molecule is Cc1c(C(O)C(N)C(=O)O)oc2ccccc12. The highest BCUT2D eigenvalue weighted by Gasteiger charge is 2.28. The van der Waals surface area contributed by atoms with Gasteiger partial charge in [0.1, 0.15) is 23.5 Å². The van der Waals surface area contributed by atoms with Gasteiger partial charge in [-0.3, -0.25) is 4.79 Å². The average Bonchev–Trinajstić information content (AvgIpc) is 2.65. The molecule has 2 atom stereocenters. The number of fused-ring (bicyclic) bond motifs is 1. The first-order valence-electron chi connectivity index (χ1n) is 5.17. The van der Waals surface area contributed by atoms with E-state index in [1.54, 1.807) is 19.1 Å². The number of rotatable bonds is 3. The third-order valence-electron chi connectivity index (χ3n) is 2.77. The van der Waals surface area contributed by atoms with Crippen LogP contribution in [0.5, 0.6) is 0 Å². The molecule has 0 saturated carbocycles. The molecule has 0 fully saturated rings. The number of hydrogen-bond acceptors (Lipinski definition) is 4. The number of carboxylic acids is 1. The van der Waals surface area contributed by atoms with E-state index in [4.69, 9.17) is 15.3 Å². The van der Waals surface area contributed by atoms with E-state index in [-0.39, 0.29) is 5.76 Å². The van der Waals surface area contributed by atoms with Crippen molar-refractivity contribution in [2.75, 3.05) is 0 Å². The molecule has 0 saturated heterocycles. The van der Waals surface area contributed by atoms with Crippen molar-refractivity contribution >= 4 is 16.9 Å². The highest BCUT2D eigenvalue weighted by atomic mass is 16.4. The monoisotopic (exact) mass is 235 g/mol. The number of carboxylic acid groups (broad SMARTS) is 1. The smallest absolute Gasteiger partial charge is 0.323 e. The van der Waals surface area contributed by atoms with E-state index in [0.717, 1.165) is 5.39 Å². The van der Waals surface area contributed by atoms with Gasteiger partial charge in [0.25, 0.3) is 0 Å². The lowest BCUT2D eigenvalue weighted by molar-refractivity contribution is -0.141.